The first kappa shape index (κ1) is 12.7. The number of carbonyl (C=O) groups is 1. The lowest BCUT2D eigenvalue weighted by molar-refractivity contribution is 0.101. The molecule has 1 aromatic rings. The van der Waals surface area contributed by atoms with Gasteiger partial charge >= 0.3 is 0 Å². The van der Waals surface area contributed by atoms with Gasteiger partial charge in [0.25, 0.3) is 0 Å². The Kier molecular flexibility index (Phi) is 4.94. The number of hydrogen-bond donors (Lipinski definition) is 1. The molecule has 0 spiro atoms. The third-order valence-electron chi connectivity index (χ3n) is 2.07. The van der Waals surface area contributed by atoms with Gasteiger partial charge in [-0.1, -0.05) is 11.8 Å². The van der Waals surface area contributed by atoms with Gasteiger partial charge in [-0.15, -0.1) is 0 Å². The maximum Gasteiger partial charge on any atom is 0.159 e. The summed E-state index contributed by atoms with van der Waals surface area (Å²) in [5.74, 6) is 7.40. The Morgan fingerprint density at radius 2 is 2.25 bits per heavy atom. The van der Waals surface area contributed by atoms with E-state index in [-0.39, 0.29) is 5.78 Å². The summed E-state index contributed by atoms with van der Waals surface area (Å²) in [4.78, 5) is 11.2. The zero-order chi connectivity index (χ0) is 12.0. The van der Waals surface area contributed by atoms with Crippen molar-refractivity contribution in [3.05, 3.63) is 29.3 Å². The molecule has 0 unspecified atom stereocenters. The van der Waals surface area contributed by atoms with Crippen LogP contribution in [0.1, 0.15) is 29.3 Å². The lowest BCUT2D eigenvalue weighted by Gasteiger charge is -2.04. The highest BCUT2D eigenvalue weighted by Gasteiger charge is 2.04. The van der Waals surface area contributed by atoms with Gasteiger partial charge in [0, 0.05) is 17.7 Å². The zero-order valence-electron chi connectivity index (χ0n) is 9.41. The smallest absolute Gasteiger partial charge is 0.159 e. The van der Waals surface area contributed by atoms with Gasteiger partial charge in [-0.05, 0) is 25.1 Å². The Morgan fingerprint density at radius 3 is 2.81 bits per heavy atom. The molecular weight excluding hydrogens is 220 g/mol. The van der Waals surface area contributed by atoms with Crippen LogP contribution in [0.25, 0.3) is 0 Å². The summed E-state index contributed by atoms with van der Waals surface area (Å²) in [5, 5.41) is 0. The molecule has 0 aliphatic rings. The average Bonchev–Trinajstić information content (AvgIpc) is 2.29. The molecule has 0 saturated heterocycles. The van der Waals surface area contributed by atoms with Gasteiger partial charge in [0.15, 0.2) is 5.78 Å². The highest BCUT2D eigenvalue weighted by Crippen LogP contribution is 2.19. The molecule has 0 aliphatic carbocycles. The van der Waals surface area contributed by atoms with Gasteiger partial charge < -0.3 is 4.74 Å². The summed E-state index contributed by atoms with van der Waals surface area (Å²) in [6, 6.07) is 5.26. The van der Waals surface area contributed by atoms with E-state index in [4.69, 9.17) is 4.74 Å². The van der Waals surface area contributed by atoms with Gasteiger partial charge in [-0.2, -0.15) is 12.6 Å². The fourth-order valence-corrected chi connectivity index (χ4v) is 1.35. The largest absolute Gasteiger partial charge is 0.495 e. The predicted octanol–water partition coefficient (Wildman–Crippen LogP) is 2.57. The Morgan fingerprint density at radius 1 is 1.50 bits per heavy atom. The van der Waals surface area contributed by atoms with Crippen molar-refractivity contribution in [3.63, 3.8) is 0 Å². The third kappa shape index (κ3) is 3.32. The fourth-order valence-electron chi connectivity index (χ4n) is 1.24. The summed E-state index contributed by atoms with van der Waals surface area (Å²) in [6.07, 6.45) is 0.719. The monoisotopic (exact) mass is 234 g/mol. The lowest BCUT2D eigenvalue weighted by Crippen LogP contribution is -1.95. The van der Waals surface area contributed by atoms with Crippen LogP contribution in [0.15, 0.2) is 18.2 Å². The molecule has 16 heavy (non-hydrogen) atoms. The van der Waals surface area contributed by atoms with Gasteiger partial charge in [0.05, 0.1) is 12.7 Å². The highest BCUT2D eigenvalue weighted by molar-refractivity contribution is 7.80. The number of ether oxygens (including phenoxy) is 1. The van der Waals surface area contributed by atoms with Crippen LogP contribution >= 0.6 is 12.6 Å². The summed E-state index contributed by atoms with van der Waals surface area (Å²) >= 11 is 4.08. The summed E-state index contributed by atoms with van der Waals surface area (Å²) in [5.41, 5.74) is 1.40. The second kappa shape index (κ2) is 6.24. The molecule has 0 N–H and O–H groups in total. The Balaban J connectivity index is 3.08. The average molecular weight is 234 g/mol. The minimum Gasteiger partial charge on any atom is -0.495 e. The van der Waals surface area contributed by atoms with Crippen molar-refractivity contribution in [2.45, 2.75) is 13.3 Å². The maximum absolute atomic E-state index is 11.2. The second-order valence-corrected chi connectivity index (χ2v) is 3.69. The number of hydrogen-bond acceptors (Lipinski definition) is 3. The molecular formula is C13H14O2S. The molecule has 0 saturated carbocycles. The Hall–Kier alpha value is -1.40. The van der Waals surface area contributed by atoms with Gasteiger partial charge in [0.2, 0.25) is 0 Å². The summed E-state index contributed by atoms with van der Waals surface area (Å²) in [7, 11) is 1.59. The van der Waals surface area contributed by atoms with Crippen molar-refractivity contribution in [2.24, 2.45) is 0 Å². The minimum atomic E-state index is 0.0277. The molecule has 0 heterocycles. The molecule has 0 amide bonds. The standard InChI is InChI=1S/C13H14O2S/c1-10(14)11-6-7-13(15-2)12(9-11)5-3-4-8-16/h6-7,9,16H,4,8H2,1-2H3. The summed E-state index contributed by atoms with van der Waals surface area (Å²) < 4.78 is 5.18. The van der Waals surface area contributed by atoms with Crippen molar-refractivity contribution in [2.75, 3.05) is 12.9 Å². The number of methoxy groups -OCH3 is 1. The molecule has 0 atom stereocenters. The molecule has 1 aromatic carbocycles. The number of rotatable bonds is 3. The van der Waals surface area contributed by atoms with Crippen molar-refractivity contribution in [1.82, 2.24) is 0 Å². The molecule has 0 aliphatic heterocycles. The van der Waals surface area contributed by atoms with E-state index in [0.717, 1.165) is 17.7 Å². The van der Waals surface area contributed by atoms with E-state index < -0.39 is 0 Å². The number of thiol groups is 1. The molecule has 1 rings (SSSR count). The molecule has 0 radical (unpaired) electrons. The fraction of sp³-hybridized carbons (Fsp3) is 0.308. The highest BCUT2D eigenvalue weighted by atomic mass is 32.1. The van der Waals surface area contributed by atoms with Crippen molar-refractivity contribution in [1.29, 1.82) is 0 Å². The molecule has 0 aromatic heterocycles. The maximum atomic E-state index is 11.2. The second-order valence-electron chi connectivity index (χ2n) is 3.25. The molecule has 84 valence electrons. The van der Waals surface area contributed by atoms with Crippen LogP contribution in [0.2, 0.25) is 0 Å². The van der Waals surface area contributed by atoms with Crippen molar-refractivity contribution in [3.8, 4) is 17.6 Å². The number of ketones is 1. The minimum absolute atomic E-state index is 0.0277. The van der Waals surface area contributed by atoms with E-state index in [0.29, 0.717) is 11.3 Å². The quantitative estimate of drug-likeness (QED) is 0.494. The van der Waals surface area contributed by atoms with E-state index in [9.17, 15) is 4.79 Å². The molecule has 2 nitrogen and oxygen atoms in total. The molecule has 0 fully saturated rings. The topological polar surface area (TPSA) is 26.3 Å². The van der Waals surface area contributed by atoms with Crippen molar-refractivity contribution < 1.29 is 9.53 Å². The number of carbonyl (C=O) groups excluding carboxylic acids is 1. The van der Waals surface area contributed by atoms with Gasteiger partial charge in [-0.3, -0.25) is 4.79 Å². The van der Waals surface area contributed by atoms with Crippen LogP contribution in [-0.2, 0) is 0 Å². The first-order valence-corrected chi connectivity index (χ1v) is 5.61. The SMILES string of the molecule is COc1ccc(C(C)=O)cc1C#CCCS. The van der Waals surface area contributed by atoms with E-state index in [1.165, 1.54) is 6.92 Å². The van der Waals surface area contributed by atoms with E-state index in [1.54, 1.807) is 25.3 Å². The van der Waals surface area contributed by atoms with Gasteiger partial charge in [0.1, 0.15) is 5.75 Å². The predicted molar refractivity (Wildman–Crippen MR) is 68.3 cm³/mol. The van der Waals surface area contributed by atoms with Crippen LogP contribution in [0.5, 0.6) is 5.75 Å². The van der Waals surface area contributed by atoms with E-state index in [2.05, 4.69) is 24.5 Å². The van der Waals surface area contributed by atoms with Crippen LogP contribution < -0.4 is 4.74 Å². The first-order valence-electron chi connectivity index (χ1n) is 4.97. The van der Waals surface area contributed by atoms with Crippen LogP contribution in [0.4, 0.5) is 0 Å². The number of Topliss-reactive ketones (excluding diaryl/α,β-unsaturated/α-hetero) is 1. The molecule has 3 heteroatoms. The Labute approximate surface area is 101 Å². The van der Waals surface area contributed by atoms with Crippen molar-refractivity contribution >= 4 is 18.4 Å². The molecule has 0 bridgehead atoms. The van der Waals surface area contributed by atoms with E-state index >= 15 is 0 Å². The first-order chi connectivity index (χ1) is 7.69. The van der Waals surface area contributed by atoms with E-state index in [1.807, 2.05) is 0 Å². The lowest BCUT2D eigenvalue weighted by atomic mass is 10.1. The normalized spacial score (nSPS) is 9.19. The summed E-state index contributed by atoms with van der Waals surface area (Å²) in [6.45, 7) is 1.53. The van der Waals surface area contributed by atoms with Crippen LogP contribution in [0, 0.1) is 11.8 Å². The number of benzene rings is 1. The van der Waals surface area contributed by atoms with Crippen LogP contribution in [-0.4, -0.2) is 18.6 Å². The zero-order valence-corrected chi connectivity index (χ0v) is 10.3. The van der Waals surface area contributed by atoms with Crippen LogP contribution in [0.3, 0.4) is 0 Å². The third-order valence-corrected chi connectivity index (χ3v) is 2.29. The Bertz CT molecular complexity index is 441. The van der Waals surface area contributed by atoms with Gasteiger partial charge in [-0.25, -0.2) is 0 Å².